The van der Waals surface area contributed by atoms with Gasteiger partial charge in [-0.2, -0.15) is 0 Å². The number of benzene rings is 2. The molecule has 124 valence electrons. The lowest BCUT2D eigenvalue weighted by molar-refractivity contribution is 0.628. The molecule has 0 bridgehead atoms. The summed E-state index contributed by atoms with van der Waals surface area (Å²) in [4.78, 5) is 11.1. The molecule has 1 N–H and O–H groups in total. The summed E-state index contributed by atoms with van der Waals surface area (Å²) in [5, 5.41) is 4.22. The van der Waals surface area contributed by atoms with E-state index in [1.54, 1.807) is 23.5 Å². The lowest BCUT2D eigenvalue weighted by atomic mass is 10.2. The molecule has 4 rings (SSSR count). The number of anilines is 2. The molecule has 0 aliphatic heterocycles. The molecule has 0 unspecified atom stereocenters. The van der Waals surface area contributed by atoms with Gasteiger partial charge < -0.3 is 5.32 Å². The Hall–Kier alpha value is -2.50. The summed E-state index contributed by atoms with van der Waals surface area (Å²) in [5.41, 5.74) is 1.82. The highest BCUT2D eigenvalue weighted by atomic mass is 35.5. The Bertz CT molecular complexity index is 1060. The van der Waals surface area contributed by atoms with Gasteiger partial charge in [0.15, 0.2) is 0 Å². The smallest absolute Gasteiger partial charge is 0.142 e. The Morgan fingerprint density at radius 2 is 1.84 bits per heavy atom. The fourth-order valence-electron chi connectivity index (χ4n) is 2.58. The number of hydrogen-bond acceptors (Lipinski definition) is 4. The number of aromatic nitrogens is 2. The summed E-state index contributed by atoms with van der Waals surface area (Å²) in [6.07, 6.45) is 0. The average molecular weight is 370 g/mol. The Balaban J connectivity index is 1.80. The number of hydrogen-bond donors (Lipinski definition) is 1. The van der Waals surface area contributed by atoms with E-state index in [4.69, 9.17) is 11.6 Å². The van der Waals surface area contributed by atoms with Gasteiger partial charge in [-0.1, -0.05) is 41.9 Å². The van der Waals surface area contributed by atoms with Crippen LogP contribution in [0.1, 0.15) is 5.82 Å². The van der Waals surface area contributed by atoms with E-state index in [9.17, 15) is 4.39 Å². The van der Waals surface area contributed by atoms with Gasteiger partial charge in [-0.25, -0.2) is 14.4 Å². The standard InChI is InChI=1S/C19H13ClFN3S/c1-11-22-18(24-13-7-8-16(21)15(20)9-13)14-10-17(25-19(14)23-11)12-5-3-2-4-6-12/h2-10H,1H3,(H,22,23,24). The predicted octanol–water partition coefficient (Wildman–Crippen LogP) is 6.20. The predicted molar refractivity (Wildman–Crippen MR) is 102 cm³/mol. The van der Waals surface area contributed by atoms with Gasteiger partial charge in [-0.05, 0) is 36.8 Å². The lowest BCUT2D eigenvalue weighted by Crippen LogP contribution is -1.97. The first kappa shape index (κ1) is 16.0. The molecule has 2 aromatic heterocycles. The molecule has 0 saturated carbocycles. The minimum Gasteiger partial charge on any atom is -0.340 e. The average Bonchev–Trinajstić information content (AvgIpc) is 3.03. The maximum absolute atomic E-state index is 13.4. The van der Waals surface area contributed by atoms with Crippen molar-refractivity contribution in [3.05, 3.63) is 71.3 Å². The third-order valence-corrected chi connectivity index (χ3v) is 5.11. The van der Waals surface area contributed by atoms with E-state index in [0.717, 1.165) is 20.7 Å². The second-order valence-corrected chi connectivity index (χ2v) is 7.01. The summed E-state index contributed by atoms with van der Waals surface area (Å²) in [7, 11) is 0. The maximum atomic E-state index is 13.4. The highest BCUT2D eigenvalue weighted by molar-refractivity contribution is 7.21. The monoisotopic (exact) mass is 369 g/mol. The molecule has 2 aromatic carbocycles. The second kappa shape index (κ2) is 6.43. The Morgan fingerprint density at radius 1 is 1.04 bits per heavy atom. The zero-order chi connectivity index (χ0) is 17.4. The number of thiophene rings is 1. The fourth-order valence-corrected chi connectivity index (χ4v) is 3.84. The van der Waals surface area contributed by atoms with E-state index >= 15 is 0 Å². The Morgan fingerprint density at radius 3 is 2.60 bits per heavy atom. The topological polar surface area (TPSA) is 37.8 Å². The molecule has 0 atom stereocenters. The summed E-state index contributed by atoms with van der Waals surface area (Å²) in [6, 6.07) is 16.7. The number of aryl methyl sites for hydroxylation is 1. The quantitative estimate of drug-likeness (QED) is 0.467. The molecule has 3 nitrogen and oxygen atoms in total. The Labute approximate surface area is 153 Å². The molecule has 25 heavy (non-hydrogen) atoms. The van der Waals surface area contributed by atoms with Crippen molar-refractivity contribution in [2.45, 2.75) is 6.92 Å². The van der Waals surface area contributed by atoms with Crippen LogP contribution in [-0.2, 0) is 0 Å². The van der Waals surface area contributed by atoms with Crippen molar-refractivity contribution in [2.75, 3.05) is 5.32 Å². The number of fused-ring (bicyclic) bond motifs is 1. The van der Waals surface area contributed by atoms with E-state index < -0.39 is 5.82 Å². The van der Waals surface area contributed by atoms with E-state index in [1.165, 1.54) is 6.07 Å². The van der Waals surface area contributed by atoms with E-state index in [1.807, 2.05) is 25.1 Å². The molecular formula is C19H13ClFN3S. The Kier molecular flexibility index (Phi) is 4.11. The summed E-state index contributed by atoms with van der Waals surface area (Å²) >= 11 is 7.49. The zero-order valence-corrected chi connectivity index (χ0v) is 14.8. The molecule has 2 heterocycles. The molecule has 0 saturated heterocycles. The van der Waals surface area contributed by atoms with Crippen LogP contribution < -0.4 is 5.32 Å². The van der Waals surface area contributed by atoms with Crippen molar-refractivity contribution in [3.63, 3.8) is 0 Å². The van der Waals surface area contributed by atoms with Gasteiger partial charge in [0.1, 0.15) is 22.3 Å². The summed E-state index contributed by atoms with van der Waals surface area (Å²) < 4.78 is 13.4. The van der Waals surface area contributed by atoms with Crippen LogP contribution >= 0.6 is 22.9 Å². The van der Waals surface area contributed by atoms with Gasteiger partial charge in [0.25, 0.3) is 0 Å². The van der Waals surface area contributed by atoms with E-state index in [-0.39, 0.29) is 5.02 Å². The van der Waals surface area contributed by atoms with Crippen LogP contribution in [0.4, 0.5) is 15.9 Å². The number of halogens is 2. The van der Waals surface area contributed by atoms with Crippen LogP contribution in [0.25, 0.3) is 20.7 Å². The minimum atomic E-state index is -0.446. The van der Waals surface area contributed by atoms with Crippen LogP contribution in [0.2, 0.25) is 5.02 Å². The van der Waals surface area contributed by atoms with Crippen LogP contribution in [0.15, 0.2) is 54.6 Å². The minimum absolute atomic E-state index is 0.0716. The van der Waals surface area contributed by atoms with Crippen molar-refractivity contribution in [1.82, 2.24) is 9.97 Å². The van der Waals surface area contributed by atoms with Crippen molar-refractivity contribution >= 4 is 44.7 Å². The summed E-state index contributed by atoms with van der Waals surface area (Å²) in [6.45, 7) is 1.85. The van der Waals surface area contributed by atoms with Gasteiger partial charge in [-0.3, -0.25) is 0 Å². The van der Waals surface area contributed by atoms with Gasteiger partial charge in [0.2, 0.25) is 0 Å². The first-order valence-electron chi connectivity index (χ1n) is 7.66. The lowest BCUT2D eigenvalue weighted by Gasteiger charge is -2.08. The SMILES string of the molecule is Cc1nc(Nc2ccc(F)c(Cl)c2)c2cc(-c3ccccc3)sc2n1. The van der Waals surface area contributed by atoms with Gasteiger partial charge in [-0.15, -0.1) is 11.3 Å². The zero-order valence-electron chi connectivity index (χ0n) is 13.3. The van der Waals surface area contributed by atoms with Crippen LogP contribution in [0.3, 0.4) is 0 Å². The molecule has 4 aromatic rings. The van der Waals surface area contributed by atoms with Crippen LogP contribution in [0.5, 0.6) is 0 Å². The largest absolute Gasteiger partial charge is 0.340 e. The number of nitrogens with zero attached hydrogens (tertiary/aromatic N) is 2. The second-order valence-electron chi connectivity index (χ2n) is 5.57. The van der Waals surface area contributed by atoms with Crippen LogP contribution in [-0.4, -0.2) is 9.97 Å². The molecular weight excluding hydrogens is 357 g/mol. The van der Waals surface area contributed by atoms with Crippen molar-refractivity contribution in [2.24, 2.45) is 0 Å². The van der Waals surface area contributed by atoms with Crippen molar-refractivity contribution < 1.29 is 4.39 Å². The van der Waals surface area contributed by atoms with Crippen molar-refractivity contribution in [1.29, 1.82) is 0 Å². The number of nitrogens with one attached hydrogen (secondary N) is 1. The van der Waals surface area contributed by atoms with Crippen molar-refractivity contribution in [3.8, 4) is 10.4 Å². The first-order chi connectivity index (χ1) is 12.1. The molecule has 0 radical (unpaired) electrons. The highest BCUT2D eigenvalue weighted by Gasteiger charge is 2.12. The van der Waals surface area contributed by atoms with Crippen LogP contribution in [0, 0.1) is 12.7 Å². The number of rotatable bonds is 3. The first-order valence-corrected chi connectivity index (χ1v) is 8.85. The molecule has 0 aliphatic rings. The third-order valence-electron chi connectivity index (χ3n) is 3.75. The van der Waals surface area contributed by atoms with E-state index in [2.05, 4.69) is 33.5 Å². The fraction of sp³-hybridized carbons (Fsp3) is 0.0526. The molecule has 0 fully saturated rings. The van der Waals surface area contributed by atoms with E-state index in [0.29, 0.717) is 17.3 Å². The molecule has 0 spiro atoms. The highest BCUT2D eigenvalue weighted by Crippen LogP contribution is 2.36. The van der Waals surface area contributed by atoms with Gasteiger partial charge >= 0.3 is 0 Å². The molecule has 0 aliphatic carbocycles. The summed E-state index contributed by atoms with van der Waals surface area (Å²) in [5.74, 6) is 0.909. The molecule has 6 heteroatoms. The maximum Gasteiger partial charge on any atom is 0.142 e. The third kappa shape index (κ3) is 3.21. The van der Waals surface area contributed by atoms with Gasteiger partial charge in [0.05, 0.1) is 10.4 Å². The molecule has 0 amide bonds. The van der Waals surface area contributed by atoms with Gasteiger partial charge in [0, 0.05) is 10.6 Å². The normalized spacial score (nSPS) is 11.0.